The summed E-state index contributed by atoms with van der Waals surface area (Å²) in [5.41, 5.74) is 4.36. The summed E-state index contributed by atoms with van der Waals surface area (Å²) in [7, 11) is 3.28. The Labute approximate surface area is 188 Å². The number of methoxy groups -OCH3 is 2. The molecule has 7 nitrogen and oxygen atoms in total. The lowest BCUT2D eigenvalue weighted by Crippen LogP contribution is -2.45. The van der Waals surface area contributed by atoms with Gasteiger partial charge in [-0.1, -0.05) is 13.8 Å². The van der Waals surface area contributed by atoms with Crippen LogP contribution in [0.4, 0.5) is 0 Å². The van der Waals surface area contributed by atoms with Crippen molar-refractivity contribution in [3.63, 3.8) is 0 Å². The van der Waals surface area contributed by atoms with Crippen molar-refractivity contribution in [2.75, 3.05) is 20.8 Å². The van der Waals surface area contributed by atoms with E-state index in [2.05, 4.69) is 35.5 Å². The smallest absolute Gasteiger partial charge is 0.217 e. The highest BCUT2D eigenvalue weighted by atomic mass is 16.5. The first kappa shape index (κ1) is 22.0. The van der Waals surface area contributed by atoms with Crippen LogP contribution >= 0.6 is 0 Å². The van der Waals surface area contributed by atoms with Gasteiger partial charge >= 0.3 is 0 Å². The molecule has 1 aliphatic rings. The second kappa shape index (κ2) is 9.12. The Kier molecular flexibility index (Phi) is 6.28. The molecular weight excluding hydrogens is 406 g/mol. The van der Waals surface area contributed by atoms with Crippen molar-refractivity contribution in [2.45, 2.75) is 45.4 Å². The molecule has 3 N–H and O–H groups in total. The van der Waals surface area contributed by atoms with Gasteiger partial charge in [-0.2, -0.15) is 0 Å². The van der Waals surface area contributed by atoms with Crippen LogP contribution in [0.1, 0.15) is 38.7 Å². The van der Waals surface area contributed by atoms with Crippen molar-refractivity contribution >= 4 is 16.8 Å². The van der Waals surface area contributed by atoms with Gasteiger partial charge in [0.25, 0.3) is 0 Å². The Morgan fingerprint density at radius 3 is 2.56 bits per heavy atom. The molecule has 1 amide bonds. The Balaban J connectivity index is 1.71. The van der Waals surface area contributed by atoms with E-state index in [0.717, 1.165) is 40.9 Å². The van der Waals surface area contributed by atoms with Gasteiger partial charge in [-0.15, -0.1) is 0 Å². The molecule has 0 spiro atoms. The number of hydrogen-bond acceptors (Lipinski definition) is 5. The van der Waals surface area contributed by atoms with Gasteiger partial charge in [0.2, 0.25) is 5.91 Å². The number of hydrogen-bond donors (Lipinski definition) is 3. The molecule has 0 radical (unpaired) electrons. The van der Waals surface area contributed by atoms with E-state index < -0.39 is 0 Å². The fourth-order valence-electron chi connectivity index (χ4n) is 4.44. The maximum atomic E-state index is 11.5. The van der Waals surface area contributed by atoms with Crippen LogP contribution in [-0.2, 0) is 4.79 Å². The van der Waals surface area contributed by atoms with Crippen LogP contribution in [0.15, 0.2) is 36.4 Å². The summed E-state index contributed by atoms with van der Waals surface area (Å²) in [6.07, 6.45) is 0.597. The molecule has 170 valence electrons. The lowest BCUT2D eigenvalue weighted by molar-refractivity contribution is -0.120. The molecule has 4 rings (SSSR count). The van der Waals surface area contributed by atoms with Crippen molar-refractivity contribution in [2.24, 2.45) is 0 Å². The Bertz CT molecular complexity index is 1120. The number of rotatable bonds is 7. The number of benzene rings is 2. The minimum atomic E-state index is -0.247. The average molecular weight is 438 g/mol. The van der Waals surface area contributed by atoms with E-state index in [-0.39, 0.29) is 18.2 Å². The summed E-state index contributed by atoms with van der Waals surface area (Å²) >= 11 is 0. The summed E-state index contributed by atoms with van der Waals surface area (Å²) in [5, 5.41) is 7.42. The average Bonchev–Trinajstić information content (AvgIpc) is 3.36. The van der Waals surface area contributed by atoms with E-state index in [1.54, 1.807) is 14.2 Å². The number of aromatic amines is 1. The van der Waals surface area contributed by atoms with E-state index in [4.69, 9.17) is 14.2 Å². The zero-order chi connectivity index (χ0) is 22.8. The normalized spacial score (nSPS) is 18.2. The molecule has 0 bridgehead atoms. The molecule has 1 saturated heterocycles. The van der Waals surface area contributed by atoms with E-state index >= 15 is 0 Å². The highest BCUT2D eigenvalue weighted by Crippen LogP contribution is 2.40. The van der Waals surface area contributed by atoms with E-state index in [0.29, 0.717) is 17.4 Å². The molecule has 0 saturated carbocycles. The molecule has 7 heteroatoms. The van der Waals surface area contributed by atoms with Crippen LogP contribution in [0, 0.1) is 0 Å². The van der Waals surface area contributed by atoms with Crippen LogP contribution in [0.25, 0.3) is 22.2 Å². The highest BCUT2D eigenvalue weighted by molar-refractivity contribution is 5.92. The highest BCUT2D eigenvalue weighted by Gasteiger charge is 2.29. The van der Waals surface area contributed by atoms with Gasteiger partial charge < -0.3 is 24.5 Å². The van der Waals surface area contributed by atoms with Crippen molar-refractivity contribution in [1.29, 1.82) is 0 Å². The van der Waals surface area contributed by atoms with Crippen molar-refractivity contribution in [3.8, 4) is 28.5 Å². The second-order valence-corrected chi connectivity index (χ2v) is 8.43. The molecule has 1 fully saturated rings. The molecule has 32 heavy (non-hydrogen) atoms. The van der Waals surface area contributed by atoms with Gasteiger partial charge in [0.15, 0.2) is 17.7 Å². The molecule has 1 aromatic heterocycles. The molecule has 2 aromatic carbocycles. The maximum absolute atomic E-state index is 11.5. The van der Waals surface area contributed by atoms with Gasteiger partial charge in [-0.25, -0.2) is 0 Å². The van der Waals surface area contributed by atoms with Crippen molar-refractivity contribution < 1.29 is 19.0 Å². The van der Waals surface area contributed by atoms with Gasteiger partial charge in [-0.05, 0) is 54.3 Å². The first-order chi connectivity index (χ1) is 15.4. The zero-order valence-electron chi connectivity index (χ0n) is 19.2. The Hall–Kier alpha value is -3.19. The van der Waals surface area contributed by atoms with Crippen LogP contribution in [0.3, 0.4) is 0 Å². The SMILES string of the molecule is COc1ccc(-c2[nH]c3ccc(O[C@H]4NCC[C@H]4NC(C)=O)cc3c2C(C)C)cc1OC. The van der Waals surface area contributed by atoms with Crippen LogP contribution in [0.2, 0.25) is 0 Å². The van der Waals surface area contributed by atoms with Gasteiger partial charge in [0.1, 0.15) is 5.75 Å². The summed E-state index contributed by atoms with van der Waals surface area (Å²) in [6, 6.07) is 12.0. The monoisotopic (exact) mass is 437 g/mol. The fraction of sp³-hybridized carbons (Fsp3) is 0.400. The standard InChI is InChI=1S/C25H31N3O4/c1-14(2)23-18-13-17(32-25-20(10-11-26-25)27-15(3)29)7-8-19(18)28-24(23)16-6-9-21(30-4)22(12-16)31-5/h6-9,12-14,20,25-26,28H,10-11H2,1-5H3,(H,27,29)/t20-,25-/m1/s1. The van der Waals surface area contributed by atoms with Crippen molar-refractivity contribution in [1.82, 2.24) is 15.6 Å². The summed E-state index contributed by atoms with van der Waals surface area (Å²) in [5.74, 6) is 2.41. The van der Waals surface area contributed by atoms with Gasteiger partial charge in [0.05, 0.1) is 26.0 Å². The fourth-order valence-corrected chi connectivity index (χ4v) is 4.44. The van der Waals surface area contributed by atoms with E-state index in [9.17, 15) is 4.79 Å². The van der Waals surface area contributed by atoms with Crippen LogP contribution in [0.5, 0.6) is 17.2 Å². The molecule has 2 heterocycles. The molecular formula is C25H31N3O4. The number of carbonyl (C=O) groups is 1. The van der Waals surface area contributed by atoms with Gasteiger partial charge in [-0.3, -0.25) is 10.1 Å². The Morgan fingerprint density at radius 2 is 1.88 bits per heavy atom. The second-order valence-electron chi connectivity index (χ2n) is 8.43. The number of ether oxygens (including phenoxy) is 3. The first-order valence-corrected chi connectivity index (χ1v) is 11.0. The topological polar surface area (TPSA) is 84.6 Å². The quantitative estimate of drug-likeness (QED) is 0.516. The number of H-pyrrole nitrogens is 1. The molecule has 0 unspecified atom stereocenters. The largest absolute Gasteiger partial charge is 0.493 e. The molecule has 2 atom stereocenters. The molecule has 0 aliphatic carbocycles. The summed E-state index contributed by atoms with van der Waals surface area (Å²) in [4.78, 5) is 15.1. The third-order valence-electron chi connectivity index (χ3n) is 5.88. The predicted molar refractivity (Wildman–Crippen MR) is 126 cm³/mol. The van der Waals surface area contributed by atoms with E-state index in [1.165, 1.54) is 12.5 Å². The first-order valence-electron chi connectivity index (χ1n) is 11.0. The van der Waals surface area contributed by atoms with E-state index in [1.807, 2.05) is 30.3 Å². The maximum Gasteiger partial charge on any atom is 0.217 e. The Morgan fingerprint density at radius 1 is 1.09 bits per heavy atom. The summed E-state index contributed by atoms with van der Waals surface area (Å²) < 4.78 is 17.1. The third-order valence-corrected chi connectivity index (χ3v) is 5.88. The minimum Gasteiger partial charge on any atom is -0.493 e. The number of fused-ring (bicyclic) bond motifs is 1. The van der Waals surface area contributed by atoms with Crippen LogP contribution in [-0.4, -0.2) is 43.9 Å². The third kappa shape index (κ3) is 4.25. The molecule has 1 aliphatic heterocycles. The molecule has 3 aromatic rings. The van der Waals surface area contributed by atoms with Crippen molar-refractivity contribution in [3.05, 3.63) is 42.0 Å². The number of carbonyl (C=O) groups excluding carboxylic acids is 1. The minimum absolute atomic E-state index is 0.0404. The summed E-state index contributed by atoms with van der Waals surface area (Å²) in [6.45, 7) is 6.71. The predicted octanol–water partition coefficient (Wildman–Crippen LogP) is 4.18. The van der Waals surface area contributed by atoms with Crippen LogP contribution < -0.4 is 24.8 Å². The number of amides is 1. The lowest BCUT2D eigenvalue weighted by Gasteiger charge is -2.21. The number of aromatic nitrogens is 1. The number of nitrogens with one attached hydrogen (secondary N) is 3. The zero-order valence-corrected chi connectivity index (χ0v) is 19.2. The lowest BCUT2D eigenvalue weighted by atomic mass is 9.96. The van der Waals surface area contributed by atoms with Gasteiger partial charge in [0, 0.05) is 29.9 Å².